The Balaban J connectivity index is 1.76. The van der Waals surface area contributed by atoms with E-state index >= 15 is 0 Å². The number of aromatic nitrogens is 2. The summed E-state index contributed by atoms with van der Waals surface area (Å²) in [5.41, 5.74) is 4.79. The number of aryl methyl sites for hydroxylation is 2. The Morgan fingerprint density at radius 2 is 1.95 bits per heavy atom. The van der Waals surface area contributed by atoms with E-state index in [-0.39, 0.29) is 5.91 Å². The van der Waals surface area contributed by atoms with E-state index in [1.807, 2.05) is 54.8 Å². The number of carbonyl (C=O) groups excluding carboxylic acids is 1. The smallest absolute Gasteiger partial charge is 0.248 e. The standard InChI is InChI=1S/C18H17N3O/c1-13-9-14(2)11-15(10-13)20-18(22)7-6-16-12-19-17-5-3-4-8-21(16)17/h3-12H,1-2H3,(H,20,22)/b7-6+. The Labute approximate surface area is 129 Å². The van der Waals surface area contributed by atoms with E-state index in [2.05, 4.69) is 16.4 Å². The number of nitrogens with one attached hydrogen (secondary N) is 1. The van der Waals surface area contributed by atoms with Gasteiger partial charge in [-0.2, -0.15) is 0 Å². The van der Waals surface area contributed by atoms with Gasteiger partial charge in [0.15, 0.2) is 0 Å². The number of nitrogens with zero attached hydrogens (tertiary/aromatic N) is 2. The van der Waals surface area contributed by atoms with Crippen molar-refractivity contribution in [2.75, 3.05) is 5.32 Å². The Morgan fingerprint density at radius 3 is 2.73 bits per heavy atom. The van der Waals surface area contributed by atoms with Crippen molar-refractivity contribution in [2.45, 2.75) is 13.8 Å². The molecule has 0 unspecified atom stereocenters. The molecule has 0 fully saturated rings. The first-order valence-electron chi connectivity index (χ1n) is 7.11. The molecule has 0 bridgehead atoms. The second-order valence-electron chi connectivity index (χ2n) is 5.31. The van der Waals surface area contributed by atoms with Crippen LogP contribution in [-0.4, -0.2) is 15.3 Å². The molecule has 1 N–H and O–H groups in total. The molecule has 4 heteroatoms. The zero-order valence-electron chi connectivity index (χ0n) is 12.6. The van der Waals surface area contributed by atoms with Crippen LogP contribution in [0.4, 0.5) is 5.69 Å². The summed E-state index contributed by atoms with van der Waals surface area (Å²) < 4.78 is 1.93. The molecule has 0 saturated carbocycles. The van der Waals surface area contributed by atoms with E-state index in [0.29, 0.717) is 0 Å². The Kier molecular flexibility index (Phi) is 3.74. The molecule has 22 heavy (non-hydrogen) atoms. The highest BCUT2D eigenvalue weighted by Gasteiger charge is 2.02. The number of anilines is 1. The highest BCUT2D eigenvalue weighted by molar-refractivity contribution is 6.01. The summed E-state index contributed by atoms with van der Waals surface area (Å²) in [4.78, 5) is 16.3. The number of hydrogen-bond acceptors (Lipinski definition) is 2. The van der Waals surface area contributed by atoms with Gasteiger partial charge in [-0.1, -0.05) is 12.1 Å². The summed E-state index contributed by atoms with van der Waals surface area (Å²) >= 11 is 0. The number of amides is 1. The summed E-state index contributed by atoms with van der Waals surface area (Å²) in [6, 6.07) is 11.8. The lowest BCUT2D eigenvalue weighted by Gasteiger charge is -2.05. The third-order valence-electron chi connectivity index (χ3n) is 3.34. The van der Waals surface area contributed by atoms with E-state index in [1.165, 1.54) is 6.08 Å². The van der Waals surface area contributed by atoms with Gasteiger partial charge < -0.3 is 9.72 Å². The van der Waals surface area contributed by atoms with Crippen LogP contribution in [0, 0.1) is 13.8 Å². The third-order valence-corrected chi connectivity index (χ3v) is 3.34. The number of fused-ring (bicyclic) bond motifs is 1. The number of hydrogen-bond donors (Lipinski definition) is 1. The lowest BCUT2D eigenvalue weighted by atomic mass is 10.1. The van der Waals surface area contributed by atoms with Crippen molar-refractivity contribution in [3.63, 3.8) is 0 Å². The Bertz CT molecular complexity index is 841. The van der Waals surface area contributed by atoms with E-state index in [9.17, 15) is 4.79 Å². The van der Waals surface area contributed by atoms with Gasteiger partial charge >= 0.3 is 0 Å². The average molecular weight is 291 g/mol. The maximum absolute atomic E-state index is 12.0. The molecule has 3 aromatic rings. The summed E-state index contributed by atoms with van der Waals surface area (Å²) in [7, 11) is 0. The summed E-state index contributed by atoms with van der Waals surface area (Å²) in [6.07, 6.45) is 6.95. The predicted octanol–water partition coefficient (Wildman–Crippen LogP) is 3.60. The van der Waals surface area contributed by atoms with Gasteiger partial charge in [0.1, 0.15) is 5.65 Å². The Hall–Kier alpha value is -2.88. The molecule has 1 aromatic carbocycles. The topological polar surface area (TPSA) is 46.4 Å². The van der Waals surface area contributed by atoms with Gasteiger partial charge in [-0.25, -0.2) is 4.98 Å². The number of rotatable bonds is 3. The van der Waals surface area contributed by atoms with Crippen LogP contribution in [0.25, 0.3) is 11.7 Å². The summed E-state index contributed by atoms with van der Waals surface area (Å²) in [5, 5.41) is 2.88. The van der Waals surface area contributed by atoms with Crippen molar-refractivity contribution in [1.29, 1.82) is 0 Å². The number of benzene rings is 1. The zero-order valence-corrected chi connectivity index (χ0v) is 12.6. The van der Waals surface area contributed by atoms with Crippen LogP contribution in [-0.2, 0) is 4.79 Å². The minimum atomic E-state index is -0.157. The molecule has 2 heterocycles. The third kappa shape index (κ3) is 3.06. The molecule has 0 spiro atoms. The van der Waals surface area contributed by atoms with E-state index < -0.39 is 0 Å². The van der Waals surface area contributed by atoms with Gasteiger partial charge in [-0.05, 0) is 55.3 Å². The SMILES string of the molecule is Cc1cc(C)cc(NC(=O)/C=C/c2cnc3ccccn23)c1. The van der Waals surface area contributed by atoms with Crippen LogP contribution in [0.3, 0.4) is 0 Å². The highest BCUT2D eigenvalue weighted by Crippen LogP contribution is 2.14. The fourth-order valence-corrected chi connectivity index (χ4v) is 2.47. The van der Waals surface area contributed by atoms with E-state index in [1.54, 1.807) is 12.3 Å². The molecule has 0 saturated heterocycles. The monoisotopic (exact) mass is 291 g/mol. The average Bonchev–Trinajstić information content (AvgIpc) is 2.87. The minimum absolute atomic E-state index is 0.157. The molecule has 0 atom stereocenters. The fraction of sp³-hybridized carbons (Fsp3) is 0.111. The molecule has 3 rings (SSSR count). The second-order valence-corrected chi connectivity index (χ2v) is 5.31. The first-order chi connectivity index (χ1) is 10.6. The first kappa shape index (κ1) is 14.1. The van der Waals surface area contributed by atoms with Crippen LogP contribution in [0.5, 0.6) is 0 Å². The second kappa shape index (κ2) is 5.85. The molecule has 0 aliphatic carbocycles. The minimum Gasteiger partial charge on any atom is -0.322 e. The van der Waals surface area contributed by atoms with E-state index in [4.69, 9.17) is 0 Å². The van der Waals surface area contributed by atoms with Crippen molar-refractivity contribution < 1.29 is 4.79 Å². The van der Waals surface area contributed by atoms with Crippen LogP contribution < -0.4 is 5.32 Å². The quantitative estimate of drug-likeness (QED) is 0.749. The molecule has 2 aromatic heterocycles. The molecule has 0 aliphatic heterocycles. The summed E-state index contributed by atoms with van der Waals surface area (Å²) in [6.45, 7) is 4.02. The van der Waals surface area contributed by atoms with Crippen molar-refractivity contribution in [2.24, 2.45) is 0 Å². The fourth-order valence-electron chi connectivity index (χ4n) is 2.47. The number of pyridine rings is 1. The lowest BCUT2D eigenvalue weighted by Crippen LogP contribution is -2.08. The number of carbonyl (C=O) groups is 1. The van der Waals surface area contributed by atoms with Crippen LogP contribution in [0.15, 0.2) is 54.9 Å². The predicted molar refractivity (Wildman–Crippen MR) is 88.8 cm³/mol. The van der Waals surface area contributed by atoms with Gasteiger partial charge in [-0.15, -0.1) is 0 Å². The molecule has 0 radical (unpaired) electrons. The zero-order chi connectivity index (χ0) is 15.5. The van der Waals surface area contributed by atoms with Crippen LogP contribution in [0.2, 0.25) is 0 Å². The lowest BCUT2D eigenvalue weighted by molar-refractivity contribution is -0.111. The van der Waals surface area contributed by atoms with E-state index in [0.717, 1.165) is 28.2 Å². The van der Waals surface area contributed by atoms with Crippen molar-refractivity contribution in [1.82, 2.24) is 9.38 Å². The molecule has 110 valence electrons. The van der Waals surface area contributed by atoms with Crippen molar-refractivity contribution in [3.05, 3.63) is 71.7 Å². The maximum Gasteiger partial charge on any atom is 0.248 e. The van der Waals surface area contributed by atoms with Crippen molar-refractivity contribution >= 4 is 23.3 Å². The van der Waals surface area contributed by atoms with Crippen LogP contribution in [0.1, 0.15) is 16.8 Å². The molecular weight excluding hydrogens is 274 g/mol. The molecule has 4 nitrogen and oxygen atoms in total. The summed E-state index contributed by atoms with van der Waals surface area (Å²) in [5.74, 6) is -0.157. The van der Waals surface area contributed by atoms with Crippen LogP contribution >= 0.6 is 0 Å². The highest BCUT2D eigenvalue weighted by atomic mass is 16.1. The maximum atomic E-state index is 12.0. The first-order valence-corrected chi connectivity index (χ1v) is 7.11. The van der Waals surface area contributed by atoms with Gasteiger partial charge in [0.2, 0.25) is 5.91 Å². The van der Waals surface area contributed by atoms with Gasteiger partial charge in [-0.3, -0.25) is 4.79 Å². The van der Waals surface area contributed by atoms with Gasteiger partial charge in [0.25, 0.3) is 0 Å². The number of imidazole rings is 1. The normalized spacial score (nSPS) is 11.2. The van der Waals surface area contributed by atoms with Gasteiger partial charge in [0.05, 0.1) is 11.9 Å². The molecule has 1 amide bonds. The molecular formula is C18H17N3O. The van der Waals surface area contributed by atoms with Crippen molar-refractivity contribution in [3.8, 4) is 0 Å². The molecule has 0 aliphatic rings. The Morgan fingerprint density at radius 1 is 1.18 bits per heavy atom. The van der Waals surface area contributed by atoms with Gasteiger partial charge in [0, 0.05) is 18.0 Å². The largest absolute Gasteiger partial charge is 0.322 e.